The summed E-state index contributed by atoms with van der Waals surface area (Å²) in [4.78, 5) is 12.1. The van der Waals surface area contributed by atoms with Crippen LogP contribution in [0.25, 0.3) is 11.4 Å². The highest BCUT2D eigenvalue weighted by atomic mass is 35.5. The Morgan fingerprint density at radius 1 is 1.32 bits per heavy atom. The van der Waals surface area contributed by atoms with Crippen LogP contribution in [0.3, 0.4) is 0 Å². The summed E-state index contributed by atoms with van der Waals surface area (Å²) < 4.78 is 1.96. The van der Waals surface area contributed by atoms with Crippen molar-refractivity contribution in [2.24, 2.45) is 0 Å². The number of aromatic nitrogens is 3. The highest BCUT2D eigenvalue weighted by molar-refractivity contribution is 7.99. The largest absolute Gasteiger partial charge is 0.353 e. The summed E-state index contributed by atoms with van der Waals surface area (Å²) >= 11 is 7.35. The summed E-state index contributed by atoms with van der Waals surface area (Å²) in [7, 11) is 0. The summed E-state index contributed by atoms with van der Waals surface area (Å²) in [5.41, 5.74) is 0.931. The Morgan fingerprint density at radius 2 is 2.04 bits per heavy atom. The van der Waals surface area contributed by atoms with Crippen molar-refractivity contribution in [1.82, 2.24) is 20.1 Å². The highest BCUT2D eigenvalue weighted by Crippen LogP contribution is 2.25. The molecule has 0 aliphatic heterocycles. The van der Waals surface area contributed by atoms with Gasteiger partial charge >= 0.3 is 0 Å². The van der Waals surface area contributed by atoms with E-state index in [0.717, 1.165) is 24.2 Å². The first-order valence-corrected chi connectivity index (χ1v) is 9.76. The Kier molecular flexibility index (Phi) is 6.15. The van der Waals surface area contributed by atoms with Crippen LogP contribution in [0.5, 0.6) is 0 Å². The Bertz CT molecular complexity index is 738. The molecule has 1 aliphatic carbocycles. The normalized spacial score (nSPS) is 14.6. The lowest BCUT2D eigenvalue weighted by Crippen LogP contribution is -2.33. The lowest BCUT2D eigenvalue weighted by molar-refractivity contribution is -0.119. The minimum absolute atomic E-state index is 0.0538. The predicted octanol–water partition coefficient (Wildman–Crippen LogP) is 3.94. The molecule has 3 rings (SSSR count). The minimum atomic E-state index is 0.0538. The number of allylic oxidation sites excluding steroid dienone is 1. The van der Waals surface area contributed by atoms with Crippen LogP contribution in [0.15, 0.2) is 42.1 Å². The lowest BCUT2D eigenvalue weighted by atomic mass is 10.2. The topological polar surface area (TPSA) is 59.8 Å². The number of benzene rings is 1. The molecule has 0 atom stereocenters. The Labute approximate surface area is 156 Å². The van der Waals surface area contributed by atoms with Gasteiger partial charge in [-0.3, -0.25) is 9.36 Å². The molecule has 0 spiro atoms. The van der Waals surface area contributed by atoms with Gasteiger partial charge < -0.3 is 5.32 Å². The average molecular weight is 377 g/mol. The number of rotatable bonds is 7. The molecule has 1 amide bonds. The van der Waals surface area contributed by atoms with E-state index in [1.165, 1.54) is 24.6 Å². The molecule has 1 saturated carbocycles. The van der Waals surface area contributed by atoms with E-state index in [0.29, 0.717) is 28.5 Å². The zero-order chi connectivity index (χ0) is 17.6. The fourth-order valence-electron chi connectivity index (χ4n) is 2.97. The van der Waals surface area contributed by atoms with Gasteiger partial charge in [-0.15, -0.1) is 16.8 Å². The van der Waals surface area contributed by atoms with Gasteiger partial charge in [0, 0.05) is 23.2 Å². The van der Waals surface area contributed by atoms with Crippen LogP contribution in [0.4, 0.5) is 0 Å². The number of carbonyl (C=O) groups excluding carboxylic acids is 1. The van der Waals surface area contributed by atoms with Crippen molar-refractivity contribution >= 4 is 29.3 Å². The second kappa shape index (κ2) is 8.54. The molecule has 2 aromatic rings. The number of hydrogen-bond acceptors (Lipinski definition) is 4. The van der Waals surface area contributed by atoms with Crippen molar-refractivity contribution in [3.05, 3.63) is 41.9 Å². The van der Waals surface area contributed by atoms with Crippen LogP contribution >= 0.6 is 23.4 Å². The van der Waals surface area contributed by atoms with Crippen LogP contribution in [0, 0.1) is 0 Å². The number of amides is 1. The number of nitrogens with one attached hydrogen (secondary N) is 1. The van der Waals surface area contributed by atoms with E-state index < -0.39 is 0 Å². The second-order valence-electron chi connectivity index (χ2n) is 6.05. The Hall–Kier alpha value is -1.79. The molecule has 25 heavy (non-hydrogen) atoms. The number of halogens is 1. The van der Waals surface area contributed by atoms with Crippen LogP contribution in [-0.2, 0) is 11.3 Å². The maximum Gasteiger partial charge on any atom is 0.230 e. The van der Waals surface area contributed by atoms with Crippen molar-refractivity contribution in [1.29, 1.82) is 0 Å². The zero-order valence-electron chi connectivity index (χ0n) is 13.9. The van der Waals surface area contributed by atoms with Crippen LogP contribution < -0.4 is 5.32 Å². The first-order valence-electron chi connectivity index (χ1n) is 8.39. The third-order valence-electron chi connectivity index (χ3n) is 4.18. The molecule has 0 radical (unpaired) electrons. The molecule has 1 aromatic carbocycles. The van der Waals surface area contributed by atoms with Gasteiger partial charge in [-0.1, -0.05) is 42.3 Å². The third-order valence-corrected chi connectivity index (χ3v) is 5.40. The van der Waals surface area contributed by atoms with E-state index in [9.17, 15) is 4.79 Å². The molecule has 7 heteroatoms. The molecule has 1 fully saturated rings. The maximum atomic E-state index is 12.1. The van der Waals surface area contributed by atoms with Gasteiger partial charge in [0.1, 0.15) is 0 Å². The van der Waals surface area contributed by atoms with Gasteiger partial charge in [-0.05, 0) is 37.1 Å². The molecule has 132 valence electrons. The van der Waals surface area contributed by atoms with Gasteiger partial charge in [0.05, 0.1) is 5.75 Å². The fourth-order valence-corrected chi connectivity index (χ4v) is 3.86. The van der Waals surface area contributed by atoms with Gasteiger partial charge in [0.2, 0.25) is 5.91 Å². The summed E-state index contributed by atoms with van der Waals surface area (Å²) in [5, 5.41) is 13.0. The quantitative estimate of drug-likeness (QED) is 0.587. The lowest BCUT2D eigenvalue weighted by Gasteiger charge is -2.12. The van der Waals surface area contributed by atoms with Gasteiger partial charge in [0.15, 0.2) is 11.0 Å². The monoisotopic (exact) mass is 376 g/mol. The number of nitrogens with zero attached hydrogens (tertiary/aromatic N) is 3. The molecule has 0 unspecified atom stereocenters. The summed E-state index contributed by atoms with van der Waals surface area (Å²) in [6, 6.07) is 7.81. The van der Waals surface area contributed by atoms with Gasteiger partial charge in [-0.25, -0.2) is 0 Å². The standard InChI is InChI=1S/C18H21ClN4OS/c1-2-11-23-17(13-7-9-14(19)10-8-13)21-22-18(23)25-12-16(24)20-15-5-3-4-6-15/h2,7-10,15H,1,3-6,11-12H2,(H,20,24). The zero-order valence-corrected chi connectivity index (χ0v) is 15.5. The fraction of sp³-hybridized carbons (Fsp3) is 0.389. The molecule has 0 saturated heterocycles. The molecular formula is C18H21ClN4OS. The predicted molar refractivity (Wildman–Crippen MR) is 102 cm³/mol. The number of hydrogen-bond donors (Lipinski definition) is 1. The van der Waals surface area contributed by atoms with Crippen molar-refractivity contribution in [3.63, 3.8) is 0 Å². The van der Waals surface area contributed by atoms with Crippen LogP contribution in [-0.4, -0.2) is 32.5 Å². The van der Waals surface area contributed by atoms with E-state index in [1.807, 2.05) is 28.8 Å². The molecule has 5 nitrogen and oxygen atoms in total. The maximum absolute atomic E-state index is 12.1. The molecule has 1 aliphatic rings. The van der Waals surface area contributed by atoms with E-state index in [-0.39, 0.29) is 5.91 Å². The average Bonchev–Trinajstić information content (AvgIpc) is 3.24. The highest BCUT2D eigenvalue weighted by Gasteiger charge is 2.19. The molecular weight excluding hydrogens is 356 g/mol. The first-order chi connectivity index (χ1) is 12.2. The first kappa shape index (κ1) is 18.0. The van der Waals surface area contributed by atoms with Crippen LogP contribution in [0.2, 0.25) is 5.02 Å². The van der Waals surface area contributed by atoms with E-state index in [2.05, 4.69) is 22.1 Å². The molecule has 0 bridgehead atoms. The van der Waals surface area contributed by atoms with Gasteiger partial charge in [0.25, 0.3) is 0 Å². The summed E-state index contributed by atoms with van der Waals surface area (Å²) in [5.74, 6) is 1.14. The van der Waals surface area contributed by atoms with Crippen molar-refractivity contribution in [3.8, 4) is 11.4 Å². The van der Waals surface area contributed by atoms with Crippen molar-refractivity contribution in [2.45, 2.75) is 43.4 Å². The summed E-state index contributed by atoms with van der Waals surface area (Å²) in [6.07, 6.45) is 6.38. The third kappa shape index (κ3) is 4.64. The summed E-state index contributed by atoms with van der Waals surface area (Å²) in [6.45, 7) is 4.38. The van der Waals surface area contributed by atoms with E-state index >= 15 is 0 Å². The van der Waals surface area contributed by atoms with E-state index in [4.69, 9.17) is 11.6 Å². The van der Waals surface area contributed by atoms with Crippen molar-refractivity contribution < 1.29 is 4.79 Å². The second-order valence-corrected chi connectivity index (χ2v) is 7.43. The minimum Gasteiger partial charge on any atom is -0.353 e. The number of carbonyl (C=O) groups is 1. The van der Waals surface area contributed by atoms with E-state index in [1.54, 1.807) is 6.08 Å². The van der Waals surface area contributed by atoms with Crippen LogP contribution in [0.1, 0.15) is 25.7 Å². The SMILES string of the molecule is C=CCn1c(SCC(=O)NC2CCCC2)nnc1-c1ccc(Cl)cc1. The molecule has 1 N–H and O–H groups in total. The smallest absolute Gasteiger partial charge is 0.230 e. The Balaban J connectivity index is 1.69. The Morgan fingerprint density at radius 3 is 2.72 bits per heavy atom. The number of thioether (sulfide) groups is 1. The van der Waals surface area contributed by atoms with Crippen molar-refractivity contribution in [2.75, 3.05) is 5.75 Å². The molecule has 1 aromatic heterocycles. The molecule has 1 heterocycles. The van der Waals surface area contributed by atoms with Gasteiger partial charge in [-0.2, -0.15) is 0 Å².